The van der Waals surface area contributed by atoms with Crippen molar-refractivity contribution in [3.8, 4) is 11.5 Å². The molecule has 2 aromatic carbocycles. The number of ether oxygens (including phenoxy) is 3. The first-order chi connectivity index (χ1) is 17.2. The Kier molecular flexibility index (Phi) is 8.63. The van der Waals surface area contributed by atoms with Gasteiger partial charge in [-0.15, -0.1) is 11.3 Å². The van der Waals surface area contributed by atoms with Crippen LogP contribution in [-0.4, -0.2) is 44.0 Å². The maximum absolute atomic E-state index is 13.0. The fourth-order valence-corrected chi connectivity index (χ4v) is 3.72. The number of esters is 1. The molecule has 1 aromatic heterocycles. The van der Waals surface area contributed by atoms with Gasteiger partial charge in [0.15, 0.2) is 17.6 Å². The SMILES string of the molecule is COc1cc(NC(=O)c2cccs2)c(C(=O)OC(C)C(=O)Nc2ccc(NC(C)=O)cc2)cc1OC. The van der Waals surface area contributed by atoms with Gasteiger partial charge in [-0.1, -0.05) is 6.07 Å². The zero-order valence-corrected chi connectivity index (χ0v) is 20.9. The molecule has 0 spiro atoms. The number of amides is 3. The molecule has 0 aliphatic rings. The number of anilines is 3. The van der Waals surface area contributed by atoms with E-state index in [-0.39, 0.29) is 22.9 Å². The van der Waals surface area contributed by atoms with Crippen LogP contribution in [0.2, 0.25) is 0 Å². The van der Waals surface area contributed by atoms with Crippen molar-refractivity contribution in [2.75, 3.05) is 30.2 Å². The van der Waals surface area contributed by atoms with Crippen LogP contribution < -0.4 is 25.4 Å². The average molecular weight is 512 g/mol. The van der Waals surface area contributed by atoms with Gasteiger partial charge in [0.2, 0.25) is 5.91 Å². The number of hydrogen-bond acceptors (Lipinski definition) is 8. The van der Waals surface area contributed by atoms with E-state index in [1.165, 1.54) is 51.5 Å². The highest BCUT2D eigenvalue weighted by Crippen LogP contribution is 2.34. The zero-order valence-electron chi connectivity index (χ0n) is 20.0. The smallest absolute Gasteiger partial charge is 0.341 e. The highest BCUT2D eigenvalue weighted by Gasteiger charge is 2.24. The Bertz CT molecular complexity index is 1260. The zero-order chi connectivity index (χ0) is 26.2. The van der Waals surface area contributed by atoms with Crippen LogP contribution in [0.25, 0.3) is 0 Å². The predicted molar refractivity (Wildman–Crippen MR) is 136 cm³/mol. The number of carbonyl (C=O) groups is 4. The second-order valence-corrected chi connectivity index (χ2v) is 8.43. The fraction of sp³-hybridized carbons (Fsp3) is 0.200. The van der Waals surface area contributed by atoms with Gasteiger partial charge in [-0.3, -0.25) is 14.4 Å². The van der Waals surface area contributed by atoms with E-state index in [9.17, 15) is 19.2 Å². The van der Waals surface area contributed by atoms with Gasteiger partial charge in [0, 0.05) is 30.4 Å². The van der Waals surface area contributed by atoms with Crippen LogP contribution in [-0.2, 0) is 14.3 Å². The molecule has 1 heterocycles. The minimum Gasteiger partial charge on any atom is -0.493 e. The first kappa shape index (κ1) is 26.2. The van der Waals surface area contributed by atoms with Crippen molar-refractivity contribution in [2.45, 2.75) is 20.0 Å². The van der Waals surface area contributed by atoms with E-state index < -0.39 is 23.9 Å². The molecule has 3 amide bonds. The quantitative estimate of drug-likeness (QED) is 0.368. The van der Waals surface area contributed by atoms with Gasteiger partial charge in [0.1, 0.15) is 0 Å². The Hall–Kier alpha value is -4.38. The van der Waals surface area contributed by atoms with Gasteiger partial charge in [-0.2, -0.15) is 0 Å². The first-order valence-corrected chi connectivity index (χ1v) is 11.6. The third-order valence-corrected chi connectivity index (χ3v) is 5.73. The molecule has 1 atom stereocenters. The molecule has 3 N–H and O–H groups in total. The summed E-state index contributed by atoms with van der Waals surface area (Å²) in [6.07, 6.45) is -1.17. The molecule has 188 valence electrons. The van der Waals surface area contributed by atoms with Crippen molar-refractivity contribution >= 4 is 52.1 Å². The Morgan fingerprint density at radius 2 is 1.47 bits per heavy atom. The molecule has 3 aromatic rings. The van der Waals surface area contributed by atoms with Crippen LogP contribution >= 0.6 is 11.3 Å². The highest BCUT2D eigenvalue weighted by atomic mass is 32.1. The summed E-state index contributed by atoms with van der Waals surface area (Å²) >= 11 is 1.24. The number of thiophene rings is 1. The summed E-state index contributed by atoms with van der Waals surface area (Å²) in [5.74, 6) is -1.51. The van der Waals surface area contributed by atoms with Gasteiger partial charge in [0.25, 0.3) is 11.8 Å². The number of carbonyl (C=O) groups excluding carboxylic acids is 4. The number of rotatable bonds is 9. The average Bonchev–Trinajstić information content (AvgIpc) is 3.39. The van der Waals surface area contributed by atoms with E-state index in [1.54, 1.807) is 41.8 Å². The van der Waals surface area contributed by atoms with Crippen LogP contribution in [0, 0.1) is 0 Å². The van der Waals surface area contributed by atoms with E-state index in [1.807, 2.05) is 0 Å². The van der Waals surface area contributed by atoms with Gasteiger partial charge in [-0.05, 0) is 42.6 Å². The third kappa shape index (κ3) is 6.60. The molecule has 0 bridgehead atoms. The largest absolute Gasteiger partial charge is 0.493 e. The molecular formula is C25H25N3O7S. The predicted octanol–water partition coefficient (Wildman–Crippen LogP) is 4.16. The van der Waals surface area contributed by atoms with Gasteiger partial charge >= 0.3 is 5.97 Å². The Morgan fingerprint density at radius 1 is 0.861 bits per heavy atom. The monoisotopic (exact) mass is 511 g/mol. The van der Waals surface area contributed by atoms with Crippen molar-refractivity contribution in [1.82, 2.24) is 0 Å². The van der Waals surface area contributed by atoms with Crippen LogP contribution in [0.5, 0.6) is 11.5 Å². The molecule has 0 radical (unpaired) electrons. The van der Waals surface area contributed by atoms with Gasteiger partial charge < -0.3 is 30.2 Å². The van der Waals surface area contributed by atoms with Crippen molar-refractivity contribution < 1.29 is 33.4 Å². The molecule has 0 aliphatic heterocycles. The molecule has 36 heavy (non-hydrogen) atoms. The summed E-state index contributed by atoms with van der Waals surface area (Å²) in [5, 5.41) is 9.71. The fourth-order valence-electron chi connectivity index (χ4n) is 3.10. The van der Waals surface area contributed by atoms with Crippen LogP contribution in [0.15, 0.2) is 53.9 Å². The molecule has 0 saturated heterocycles. The lowest BCUT2D eigenvalue weighted by molar-refractivity contribution is -0.123. The number of benzene rings is 2. The molecule has 0 fully saturated rings. The summed E-state index contributed by atoms with van der Waals surface area (Å²) in [6.45, 7) is 2.81. The topological polar surface area (TPSA) is 132 Å². The molecule has 0 saturated carbocycles. The summed E-state index contributed by atoms with van der Waals surface area (Å²) < 4.78 is 15.9. The van der Waals surface area contributed by atoms with E-state index in [2.05, 4.69) is 16.0 Å². The lowest BCUT2D eigenvalue weighted by Crippen LogP contribution is -2.30. The lowest BCUT2D eigenvalue weighted by Gasteiger charge is -2.17. The number of methoxy groups -OCH3 is 2. The van der Waals surface area contributed by atoms with Gasteiger partial charge in [0.05, 0.1) is 30.3 Å². The summed E-state index contributed by atoms with van der Waals surface area (Å²) in [4.78, 5) is 49.8. The van der Waals surface area contributed by atoms with E-state index in [4.69, 9.17) is 14.2 Å². The molecule has 0 aliphatic carbocycles. The molecule has 11 heteroatoms. The Labute approximate surface area is 211 Å². The Morgan fingerprint density at radius 3 is 2.03 bits per heavy atom. The number of hydrogen-bond donors (Lipinski definition) is 3. The third-order valence-electron chi connectivity index (χ3n) is 4.86. The summed E-state index contributed by atoms with van der Waals surface area (Å²) in [6, 6.07) is 12.7. The van der Waals surface area contributed by atoms with Crippen molar-refractivity contribution in [1.29, 1.82) is 0 Å². The van der Waals surface area contributed by atoms with Crippen molar-refractivity contribution in [3.63, 3.8) is 0 Å². The standard InChI is InChI=1S/C25H25N3O7S/c1-14(23(30)27-17-9-7-16(8-10-17)26-15(2)29)35-25(32)18-12-20(33-3)21(34-4)13-19(18)28-24(31)22-6-5-11-36-22/h5-14H,1-4H3,(H,26,29)(H,27,30)(H,28,31). The van der Waals surface area contributed by atoms with Crippen molar-refractivity contribution in [2.24, 2.45) is 0 Å². The maximum atomic E-state index is 13.0. The maximum Gasteiger partial charge on any atom is 0.341 e. The number of nitrogens with one attached hydrogen (secondary N) is 3. The van der Waals surface area contributed by atoms with Crippen LogP contribution in [0.1, 0.15) is 33.9 Å². The van der Waals surface area contributed by atoms with E-state index in [0.717, 1.165) is 0 Å². The molecule has 1 unspecified atom stereocenters. The summed E-state index contributed by atoms with van der Waals surface area (Å²) in [5.41, 5.74) is 1.15. The molecular weight excluding hydrogens is 486 g/mol. The second-order valence-electron chi connectivity index (χ2n) is 7.48. The normalized spacial score (nSPS) is 11.1. The van der Waals surface area contributed by atoms with Crippen LogP contribution in [0.3, 0.4) is 0 Å². The highest BCUT2D eigenvalue weighted by molar-refractivity contribution is 7.12. The second kappa shape index (κ2) is 11.8. The van der Waals surface area contributed by atoms with Crippen LogP contribution in [0.4, 0.5) is 17.1 Å². The van der Waals surface area contributed by atoms with Crippen molar-refractivity contribution in [3.05, 3.63) is 64.4 Å². The Balaban J connectivity index is 1.76. The first-order valence-electron chi connectivity index (χ1n) is 10.7. The van der Waals surface area contributed by atoms with E-state index >= 15 is 0 Å². The summed E-state index contributed by atoms with van der Waals surface area (Å²) in [7, 11) is 2.83. The molecule has 3 rings (SSSR count). The minimum absolute atomic E-state index is 0.0168. The lowest BCUT2D eigenvalue weighted by atomic mass is 10.1. The molecule has 10 nitrogen and oxygen atoms in total. The minimum atomic E-state index is -1.17. The van der Waals surface area contributed by atoms with Gasteiger partial charge in [-0.25, -0.2) is 4.79 Å². The van der Waals surface area contributed by atoms with E-state index in [0.29, 0.717) is 22.0 Å².